The molecule has 0 spiro atoms. The molecular formula is C30H38N3O2+. The number of carbonyl (C=O) groups excluding carboxylic acids is 1. The van der Waals surface area contributed by atoms with Crippen LogP contribution in [0.4, 0.5) is 11.4 Å². The summed E-state index contributed by atoms with van der Waals surface area (Å²) >= 11 is 0. The Balaban J connectivity index is 1.13. The highest BCUT2D eigenvalue weighted by Gasteiger charge is 2.35. The molecule has 5 nitrogen and oxygen atoms in total. The van der Waals surface area contributed by atoms with Gasteiger partial charge in [0.25, 0.3) is 0 Å². The third-order valence-electron chi connectivity index (χ3n) is 8.08. The lowest BCUT2D eigenvalue weighted by atomic mass is 10.0. The zero-order valence-corrected chi connectivity index (χ0v) is 21.1. The number of piperazine rings is 1. The van der Waals surface area contributed by atoms with E-state index in [-0.39, 0.29) is 5.91 Å². The fourth-order valence-electron chi connectivity index (χ4n) is 5.75. The van der Waals surface area contributed by atoms with Crippen molar-refractivity contribution in [2.24, 2.45) is 0 Å². The van der Waals surface area contributed by atoms with Crippen molar-refractivity contribution in [3.8, 4) is 5.75 Å². The zero-order chi connectivity index (χ0) is 24.3. The minimum atomic E-state index is 0.0953. The lowest BCUT2D eigenvalue weighted by molar-refractivity contribution is -0.948. The molecular weight excluding hydrogens is 434 g/mol. The van der Waals surface area contributed by atoms with Crippen LogP contribution in [-0.2, 0) is 11.2 Å². The topological polar surface area (TPSA) is 41.6 Å². The van der Waals surface area contributed by atoms with Crippen LogP contribution in [0.15, 0.2) is 60.7 Å². The van der Waals surface area contributed by atoms with Gasteiger partial charge in [-0.1, -0.05) is 42.5 Å². The van der Waals surface area contributed by atoms with Gasteiger partial charge in [-0.2, -0.15) is 0 Å². The molecule has 0 aromatic heterocycles. The Morgan fingerprint density at radius 3 is 2.60 bits per heavy atom. The predicted molar refractivity (Wildman–Crippen MR) is 144 cm³/mol. The first-order chi connectivity index (χ1) is 17.0. The number of unbranched alkanes of at least 4 members (excludes halogenated alkanes) is 1. The molecule has 0 saturated carbocycles. The van der Waals surface area contributed by atoms with Crippen molar-refractivity contribution in [1.82, 2.24) is 0 Å². The van der Waals surface area contributed by atoms with E-state index in [0.717, 1.165) is 43.8 Å². The lowest BCUT2D eigenvalue weighted by Gasteiger charge is -2.48. The van der Waals surface area contributed by atoms with Crippen LogP contribution in [0.1, 0.15) is 38.7 Å². The van der Waals surface area contributed by atoms with E-state index in [1.54, 1.807) is 0 Å². The van der Waals surface area contributed by atoms with E-state index >= 15 is 0 Å². The van der Waals surface area contributed by atoms with E-state index in [2.05, 4.69) is 72.6 Å². The van der Waals surface area contributed by atoms with Crippen LogP contribution >= 0.6 is 0 Å². The van der Waals surface area contributed by atoms with Gasteiger partial charge in [0.15, 0.2) is 0 Å². The van der Waals surface area contributed by atoms with Gasteiger partial charge in [-0.25, -0.2) is 0 Å². The number of amides is 1. The Morgan fingerprint density at radius 2 is 1.77 bits per heavy atom. The van der Waals surface area contributed by atoms with Gasteiger partial charge in [0, 0.05) is 29.2 Å². The summed E-state index contributed by atoms with van der Waals surface area (Å²) < 4.78 is 7.23. The minimum Gasteiger partial charge on any atom is -0.494 e. The number of aryl methyl sites for hydroxylation is 1. The van der Waals surface area contributed by atoms with Crippen LogP contribution in [-0.4, -0.2) is 55.8 Å². The second kappa shape index (κ2) is 10.3. The van der Waals surface area contributed by atoms with Crippen molar-refractivity contribution < 1.29 is 14.0 Å². The Morgan fingerprint density at radius 1 is 0.971 bits per heavy atom. The number of nitrogens with zero attached hydrogens (tertiary/aromatic N) is 2. The SMILES string of the molecule is CC(C)[N+]1(CCCCOc2ccc3c(c2)NC(=O)CC3)CCN(c2cccc3ccccc23)CC1. The van der Waals surface area contributed by atoms with E-state index < -0.39 is 0 Å². The number of benzene rings is 3. The van der Waals surface area contributed by atoms with Crippen LogP contribution in [0.2, 0.25) is 0 Å². The van der Waals surface area contributed by atoms with Crippen molar-refractivity contribution in [2.75, 3.05) is 49.5 Å². The second-order valence-electron chi connectivity index (χ2n) is 10.4. The highest BCUT2D eigenvalue weighted by atomic mass is 16.5. The standard InChI is InChI=1S/C30H37N3O2/c1-23(2)33(18-5-6-21-35-26-14-12-25-13-15-30(34)31-28(25)22-26)19-16-32(17-20-33)29-11-7-9-24-8-3-4-10-27(24)29/h3-4,7-12,14,22-23H,5-6,13,15-21H2,1-2H3/p+1. The highest BCUT2D eigenvalue weighted by Crippen LogP contribution is 2.30. The Labute approximate surface area is 209 Å². The molecule has 2 aliphatic heterocycles. The van der Waals surface area contributed by atoms with Crippen molar-refractivity contribution in [2.45, 2.75) is 45.6 Å². The second-order valence-corrected chi connectivity index (χ2v) is 10.4. The normalized spacial score (nSPS) is 17.3. The molecule has 1 amide bonds. The molecule has 1 saturated heterocycles. The van der Waals surface area contributed by atoms with Crippen molar-refractivity contribution >= 4 is 28.1 Å². The number of hydrogen-bond donors (Lipinski definition) is 1. The highest BCUT2D eigenvalue weighted by molar-refractivity contribution is 5.94. The summed E-state index contributed by atoms with van der Waals surface area (Å²) in [5, 5.41) is 5.64. The number of hydrogen-bond acceptors (Lipinski definition) is 3. The van der Waals surface area contributed by atoms with E-state index in [1.807, 2.05) is 12.1 Å². The summed E-state index contributed by atoms with van der Waals surface area (Å²) in [7, 11) is 0. The number of fused-ring (bicyclic) bond motifs is 2. The van der Waals surface area contributed by atoms with Crippen LogP contribution < -0.4 is 15.0 Å². The Hall–Kier alpha value is -3.05. The first-order valence-electron chi connectivity index (χ1n) is 13.2. The van der Waals surface area contributed by atoms with Gasteiger partial charge in [-0.3, -0.25) is 4.79 Å². The van der Waals surface area contributed by atoms with Crippen molar-refractivity contribution in [1.29, 1.82) is 0 Å². The van der Waals surface area contributed by atoms with Gasteiger partial charge in [0.2, 0.25) is 5.91 Å². The van der Waals surface area contributed by atoms with Gasteiger partial charge in [-0.05, 0) is 56.2 Å². The molecule has 2 heterocycles. The monoisotopic (exact) mass is 472 g/mol. The number of carbonyl (C=O) groups is 1. The molecule has 0 radical (unpaired) electrons. The maximum absolute atomic E-state index is 11.7. The molecule has 0 bridgehead atoms. The first kappa shape index (κ1) is 23.7. The maximum atomic E-state index is 11.7. The smallest absolute Gasteiger partial charge is 0.224 e. The van der Waals surface area contributed by atoms with Gasteiger partial charge >= 0.3 is 0 Å². The molecule has 0 unspecified atom stereocenters. The van der Waals surface area contributed by atoms with Gasteiger partial charge in [0.1, 0.15) is 5.75 Å². The van der Waals surface area contributed by atoms with Crippen LogP contribution in [0.25, 0.3) is 10.8 Å². The van der Waals surface area contributed by atoms with Crippen molar-refractivity contribution in [3.63, 3.8) is 0 Å². The molecule has 5 heteroatoms. The number of ether oxygens (including phenoxy) is 1. The van der Waals surface area contributed by atoms with E-state index in [0.29, 0.717) is 19.1 Å². The average Bonchev–Trinajstić information content (AvgIpc) is 2.88. The number of quaternary nitrogens is 1. The Kier molecular flexibility index (Phi) is 6.96. The molecule has 1 N–H and O–H groups in total. The van der Waals surface area contributed by atoms with Gasteiger partial charge < -0.3 is 19.4 Å². The molecule has 3 aromatic carbocycles. The third-order valence-corrected chi connectivity index (χ3v) is 8.08. The summed E-state index contributed by atoms with van der Waals surface area (Å²) in [5.41, 5.74) is 3.48. The van der Waals surface area contributed by atoms with Crippen molar-refractivity contribution in [3.05, 3.63) is 66.2 Å². The van der Waals surface area contributed by atoms with Crippen LogP contribution in [0.5, 0.6) is 5.75 Å². The quantitative estimate of drug-likeness (QED) is 0.341. The summed E-state index contributed by atoms with van der Waals surface area (Å²) in [5.74, 6) is 0.945. The molecule has 35 heavy (non-hydrogen) atoms. The summed E-state index contributed by atoms with van der Waals surface area (Å²) in [6.45, 7) is 11.3. The van der Waals surface area contributed by atoms with E-state index in [1.165, 1.54) is 46.1 Å². The predicted octanol–water partition coefficient (Wildman–Crippen LogP) is 5.63. The van der Waals surface area contributed by atoms with Crippen LogP contribution in [0.3, 0.4) is 0 Å². The van der Waals surface area contributed by atoms with Gasteiger partial charge in [-0.15, -0.1) is 0 Å². The zero-order valence-electron chi connectivity index (χ0n) is 21.1. The fourth-order valence-corrected chi connectivity index (χ4v) is 5.75. The maximum Gasteiger partial charge on any atom is 0.224 e. The molecule has 184 valence electrons. The molecule has 0 aliphatic carbocycles. The molecule has 5 rings (SSSR count). The minimum absolute atomic E-state index is 0.0953. The largest absolute Gasteiger partial charge is 0.494 e. The molecule has 0 atom stereocenters. The summed E-state index contributed by atoms with van der Waals surface area (Å²) in [4.78, 5) is 14.3. The first-order valence-corrected chi connectivity index (χ1v) is 13.2. The van der Waals surface area contributed by atoms with E-state index in [4.69, 9.17) is 4.74 Å². The Bertz CT molecular complexity index is 1180. The fraction of sp³-hybridized carbons (Fsp3) is 0.433. The number of anilines is 2. The lowest BCUT2D eigenvalue weighted by Crippen LogP contribution is -2.63. The average molecular weight is 473 g/mol. The number of rotatable bonds is 8. The van der Waals surface area contributed by atoms with E-state index in [9.17, 15) is 4.79 Å². The molecule has 3 aromatic rings. The van der Waals surface area contributed by atoms with Crippen LogP contribution in [0, 0.1) is 0 Å². The molecule has 1 fully saturated rings. The summed E-state index contributed by atoms with van der Waals surface area (Å²) in [6, 6.07) is 22.1. The summed E-state index contributed by atoms with van der Waals surface area (Å²) in [6.07, 6.45) is 3.59. The number of nitrogens with one attached hydrogen (secondary N) is 1. The van der Waals surface area contributed by atoms with Gasteiger partial charge in [0.05, 0.1) is 45.4 Å². The third kappa shape index (κ3) is 5.15. The molecule has 2 aliphatic rings.